The fourth-order valence-corrected chi connectivity index (χ4v) is 2.07. The van der Waals surface area contributed by atoms with Crippen LogP contribution in [0, 0.1) is 6.92 Å². The predicted octanol–water partition coefficient (Wildman–Crippen LogP) is 2.55. The standard InChI is InChI=1S/C12H13ClO3/c1-7(14)5-9-6-10(13)12-11(8(9)2)15-3-4-16-12/h6H,3-5H2,1-2H3. The highest BCUT2D eigenvalue weighted by molar-refractivity contribution is 6.32. The van der Waals surface area contributed by atoms with Gasteiger partial charge in [-0.25, -0.2) is 0 Å². The monoisotopic (exact) mass is 240 g/mol. The van der Waals surface area contributed by atoms with Gasteiger partial charge < -0.3 is 9.47 Å². The van der Waals surface area contributed by atoms with Gasteiger partial charge in [-0.1, -0.05) is 11.6 Å². The molecule has 0 spiro atoms. The molecule has 2 rings (SSSR count). The van der Waals surface area contributed by atoms with Gasteiger partial charge >= 0.3 is 0 Å². The second-order valence-electron chi connectivity index (χ2n) is 3.88. The molecule has 0 bridgehead atoms. The van der Waals surface area contributed by atoms with E-state index in [1.54, 1.807) is 13.0 Å². The van der Waals surface area contributed by atoms with E-state index >= 15 is 0 Å². The largest absolute Gasteiger partial charge is 0.486 e. The molecule has 0 aliphatic carbocycles. The molecule has 0 atom stereocenters. The second-order valence-corrected chi connectivity index (χ2v) is 4.28. The van der Waals surface area contributed by atoms with Crippen molar-refractivity contribution in [3.05, 3.63) is 22.2 Å². The lowest BCUT2D eigenvalue weighted by molar-refractivity contribution is -0.116. The number of rotatable bonds is 2. The number of Topliss-reactive ketones (excluding diaryl/α,β-unsaturated/α-hetero) is 1. The summed E-state index contributed by atoms with van der Waals surface area (Å²) in [5, 5.41) is 0.511. The molecule has 0 N–H and O–H groups in total. The quantitative estimate of drug-likeness (QED) is 0.797. The van der Waals surface area contributed by atoms with Crippen LogP contribution in [0.15, 0.2) is 6.07 Å². The van der Waals surface area contributed by atoms with Crippen LogP contribution in [0.5, 0.6) is 11.5 Å². The van der Waals surface area contributed by atoms with Crippen molar-refractivity contribution in [2.45, 2.75) is 20.3 Å². The van der Waals surface area contributed by atoms with Gasteiger partial charge in [0.15, 0.2) is 11.5 Å². The van der Waals surface area contributed by atoms with Gasteiger partial charge in [-0.15, -0.1) is 0 Å². The van der Waals surface area contributed by atoms with Gasteiger partial charge in [0.25, 0.3) is 0 Å². The zero-order chi connectivity index (χ0) is 11.7. The maximum atomic E-state index is 11.1. The van der Waals surface area contributed by atoms with E-state index in [0.29, 0.717) is 36.2 Å². The van der Waals surface area contributed by atoms with Crippen molar-refractivity contribution >= 4 is 17.4 Å². The van der Waals surface area contributed by atoms with E-state index in [9.17, 15) is 4.79 Å². The SMILES string of the molecule is CC(=O)Cc1cc(Cl)c2c(c1C)OCCO2. The van der Waals surface area contributed by atoms with Crippen molar-refractivity contribution in [1.29, 1.82) is 0 Å². The molecular formula is C12H13ClO3. The summed E-state index contributed by atoms with van der Waals surface area (Å²) in [6.45, 7) is 4.51. The number of benzene rings is 1. The zero-order valence-electron chi connectivity index (χ0n) is 9.30. The smallest absolute Gasteiger partial charge is 0.180 e. The van der Waals surface area contributed by atoms with Crippen LogP contribution in [-0.4, -0.2) is 19.0 Å². The molecule has 16 heavy (non-hydrogen) atoms. The summed E-state index contributed by atoms with van der Waals surface area (Å²) in [7, 11) is 0. The molecule has 0 unspecified atom stereocenters. The maximum Gasteiger partial charge on any atom is 0.180 e. The van der Waals surface area contributed by atoms with Gasteiger partial charge in [-0.05, 0) is 31.0 Å². The molecule has 0 saturated carbocycles. The average molecular weight is 241 g/mol. The number of halogens is 1. The number of carbonyl (C=O) groups excluding carboxylic acids is 1. The first kappa shape index (κ1) is 11.3. The topological polar surface area (TPSA) is 35.5 Å². The fourth-order valence-electron chi connectivity index (χ4n) is 1.80. The maximum absolute atomic E-state index is 11.1. The molecule has 3 nitrogen and oxygen atoms in total. The van der Waals surface area contributed by atoms with Crippen molar-refractivity contribution in [3.63, 3.8) is 0 Å². The molecule has 0 saturated heterocycles. The van der Waals surface area contributed by atoms with Crippen molar-refractivity contribution in [2.24, 2.45) is 0 Å². The Balaban J connectivity index is 2.49. The molecule has 1 aliphatic rings. The molecule has 1 aromatic carbocycles. The average Bonchev–Trinajstić information content (AvgIpc) is 2.25. The molecule has 0 radical (unpaired) electrons. The first-order valence-corrected chi connectivity index (χ1v) is 5.54. The van der Waals surface area contributed by atoms with Crippen LogP contribution < -0.4 is 9.47 Å². The lowest BCUT2D eigenvalue weighted by Crippen LogP contribution is -2.17. The van der Waals surface area contributed by atoms with Crippen LogP contribution >= 0.6 is 11.6 Å². The molecule has 86 valence electrons. The van der Waals surface area contributed by atoms with E-state index in [4.69, 9.17) is 21.1 Å². The van der Waals surface area contributed by atoms with E-state index in [1.165, 1.54) is 0 Å². The molecule has 1 aliphatic heterocycles. The number of hydrogen-bond donors (Lipinski definition) is 0. The number of fused-ring (bicyclic) bond motifs is 1. The third kappa shape index (κ3) is 2.00. The summed E-state index contributed by atoms with van der Waals surface area (Å²) >= 11 is 6.09. The van der Waals surface area contributed by atoms with Gasteiger partial charge in [0, 0.05) is 6.42 Å². The number of carbonyl (C=O) groups is 1. The summed E-state index contributed by atoms with van der Waals surface area (Å²) in [5.41, 5.74) is 1.84. The van der Waals surface area contributed by atoms with Gasteiger partial charge in [0.1, 0.15) is 19.0 Å². The van der Waals surface area contributed by atoms with E-state index in [0.717, 1.165) is 11.1 Å². The first-order chi connectivity index (χ1) is 7.59. The third-order valence-electron chi connectivity index (χ3n) is 2.56. The summed E-state index contributed by atoms with van der Waals surface area (Å²) in [6, 6.07) is 1.78. The van der Waals surface area contributed by atoms with Crippen molar-refractivity contribution in [1.82, 2.24) is 0 Å². The fraction of sp³-hybridized carbons (Fsp3) is 0.417. The molecule has 1 heterocycles. The lowest BCUT2D eigenvalue weighted by atomic mass is 10.0. The minimum absolute atomic E-state index is 0.107. The summed E-state index contributed by atoms with van der Waals surface area (Å²) in [6.07, 6.45) is 0.377. The Morgan fingerprint density at radius 2 is 2.00 bits per heavy atom. The van der Waals surface area contributed by atoms with E-state index in [-0.39, 0.29) is 5.78 Å². The summed E-state index contributed by atoms with van der Waals surface area (Å²) in [4.78, 5) is 11.1. The highest BCUT2D eigenvalue weighted by Gasteiger charge is 2.20. The molecule has 4 heteroatoms. The lowest BCUT2D eigenvalue weighted by Gasteiger charge is -2.22. The van der Waals surface area contributed by atoms with Gasteiger partial charge in [-0.2, -0.15) is 0 Å². The van der Waals surface area contributed by atoms with Crippen LogP contribution in [0.3, 0.4) is 0 Å². The summed E-state index contributed by atoms with van der Waals surface area (Å²) < 4.78 is 11.0. The van der Waals surface area contributed by atoms with E-state index in [1.807, 2.05) is 6.92 Å². The molecule has 0 amide bonds. The Labute approximate surface area is 99.3 Å². The molecule has 0 fully saturated rings. The van der Waals surface area contributed by atoms with Crippen molar-refractivity contribution < 1.29 is 14.3 Å². The predicted molar refractivity (Wildman–Crippen MR) is 61.6 cm³/mol. The molecular weight excluding hydrogens is 228 g/mol. The van der Waals surface area contributed by atoms with Crippen LogP contribution in [-0.2, 0) is 11.2 Å². The van der Waals surface area contributed by atoms with Crippen LogP contribution in [0.1, 0.15) is 18.1 Å². The van der Waals surface area contributed by atoms with Gasteiger partial charge in [0.05, 0.1) is 5.02 Å². The van der Waals surface area contributed by atoms with Gasteiger partial charge in [0.2, 0.25) is 0 Å². The molecule has 0 aromatic heterocycles. The normalized spacial score (nSPS) is 13.7. The van der Waals surface area contributed by atoms with E-state index in [2.05, 4.69) is 0 Å². The highest BCUT2D eigenvalue weighted by Crippen LogP contribution is 2.41. The zero-order valence-corrected chi connectivity index (χ0v) is 10.1. The Kier molecular flexibility index (Phi) is 3.06. The Hall–Kier alpha value is -1.22. The Morgan fingerprint density at radius 3 is 2.62 bits per heavy atom. The number of hydrogen-bond acceptors (Lipinski definition) is 3. The van der Waals surface area contributed by atoms with Crippen LogP contribution in [0.2, 0.25) is 5.02 Å². The van der Waals surface area contributed by atoms with Crippen molar-refractivity contribution in [3.8, 4) is 11.5 Å². The summed E-state index contributed by atoms with van der Waals surface area (Å²) in [5.74, 6) is 1.38. The van der Waals surface area contributed by atoms with Gasteiger partial charge in [-0.3, -0.25) is 4.79 Å². The van der Waals surface area contributed by atoms with Crippen LogP contribution in [0.4, 0.5) is 0 Å². The van der Waals surface area contributed by atoms with Crippen molar-refractivity contribution in [2.75, 3.05) is 13.2 Å². The van der Waals surface area contributed by atoms with E-state index < -0.39 is 0 Å². The number of ether oxygens (including phenoxy) is 2. The Bertz CT molecular complexity index is 440. The first-order valence-electron chi connectivity index (χ1n) is 5.16. The molecule has 1 aromatic rings. The highest BCUT2D eigenvalue weighted by atomic mass is 35.5. The minimum Gasteiger partial charge on any atom is -0.486 e. The Morgan fingerprint density at radius 1 is 1.38 bits per heavy atom. The number of ketones is 1. The third-order valence-corrected chi connectivity index (χ3v) is 2.84. The second kappa shape index (κ2) is 4.34. The van der Waals surface area contributed by atoms with Crippen LogP contribution in [0.25, 0.3) is 0 Å². The minimum atomic E-state index is 0.107.